The number of amidine groups is 1. The monoisotopic (exact) mass is 479 g/mol. The predicted octanol–water partition coefficient (Wildman–Crippen LogP) is 3.79. The Labute approximate surface area is 208 Å². The van der Waals surface area contributed by atoms with E-state index < -0.39 is 12.2 Å². The number of anilines is 1. The van der Waals surface area contributed by atoms with E-state index in [1.54, 1.807) is 7.05 Å². The molecule has 1 aromatic rings. The summed E-state index contributed by atoms with van der Waals surface area (Å²) in [6, 6.07) is 10.3. The standard InChI is InChI=1S/C27H37N5O3/c1-4-20(2)26-22(12-8-9-13-25(34)35)29-23(27(28-3)30-26)14-15-24(33)32-18-16-31(17-19-32)21-10-6-5-7-11-21/h4-7,10-11,14,20,24,33H,1,8-9,12-13,15-19H2,2-3H3,(H,34,35)/b23-14+,28-27+. The van der Waals surface area contributed by atoms with Crippen LogP contribution < -0.4 is 4.90 Å². The molecule has 3 rings (SSSR count). The van der Waals surface area contributed by atoms with Gasteiger partial charge in [0.05, 0.1) is 11.4 Å². The highest BCUT2D eigenvalue weighted by Crippen LogP contribution is 2.21. The number of unbranched alkanes of at least 4 members (excludes halogenated alkanes) is 1. The topological polar surface area (TPSA) is 101 Å². The quantitative estimate of drug-likeness (QED) is 0.371. The summed E-state index contributed by atoms with van der Waals surface area (Å²) in [4.78, 5) is 29.2. The van der Waals surface area contributed by atoms with Crippen LogP contribution in [-0.2, 0) is 4.79 Å². The summed E-state index contributed by atoms with van der Waals surface area (Å²) < 4.78 is 0. The third-order valence-corrected chi connectivity index (χ3v) is 6.44. The summed E-state index contributed by atoms with van der Waals surface area (Å²) in [6.45, 7) is 9.20. The van der Waals surface area contributed by atoms with Crippen molar-refractivity contribution in [2.45, 2.75) is 45.3 Å². The lowest BCUT2D eigenvalue weighted by Crippen LogP contribution is -2.50. The number of para-hydroxylation sites is 1. The third kappa shape index (κ3) is 7.44. The molecule has 8 nitrogen and oxygen atoms in total. The fourth-order valence-corrected chi connectivity index (χ4v) is 4.30. The Kier molecular flexibility index (Phi) is 9.93. The van der Waals surface area contributed by atoms with E-state index in [0.717, 1.165) is 37.6 Å². The van der Waals surface area contributed by atoms with E-state index in [2.05, 4.69) is 33.5 Å². The third-order valence-electron chi connectivity index (χ3n) is 6.44. The Bertz CT molecular complexity index is 991. The molecule has 0 radical (unpaired) electrons. The largest absolute Gasteiger partial charge is 0.481 e. The number of hydrogen-bond donors (Lipinski definition) is 2. The molecule has 0 aliphatic carbocycles. The van der Waals surface area contributed by atoms with Gasteiger partial charge in [0.15, 0.2) is 5.84 Å². The van der Waals surface area contributed by atoms with Crippen molar-refractivity contribution < 1.29 is 15.0 Å². The van der Waals surface area contributed by atoms with Gasteiger partial charge in [-0.3, -0.25) is 14.7 Å². The van der Waals surface area contributed by atoms with E-state index in [1.165, 1.54) is 5.69 Å². The van der Waals surface area contributed by atoms with Crippen molar-refractivity contribution in [3.05, 3.63) is 54.8 Å². The smallest absolute Gasteiger partial charge is 0.303 e. The molecule has 0 saturated carbocycles. The molecule has 1 aromatic carbocycles. The summed E-state index contributed by atoms with van der Waals surface area (Å²) in [6.07, 6.45) is 5.65. The number of carbonyl (C=O) groups is 1. The van der Waals surface area contributed by atoms with E-state index in [-0.39, 0.29) is 12.3 Å². The van der Waals surface area contributed by atoms with Crippen LogP contribution in [0.2, 0.25) is 0 Å². The summed E-state index contributed by atoms with van der Waals surface area (Å²) in [5.74, 6) is -0.231. The SMILES string of the molecule is C=CC(C)C1=NC(=N/C)/C(=C\CC(O)N2CCN(c3ccccc3)CC2)N=C1CCCCC(=O)O. The second-order valence-electron chi connectivity index (χ2n) is 8.89. The lowest BCUT2D eigenvalue weighted by atomic mass is 9.96. The predicted molar refractivity (Wildman–Crippen MR) is 143 cm³/mol. The van der Waals surface area contributed by atoms with Gasteiger partial charge in [0.25, 0.3) is 0 Å². The number of hydrogen-bond acceptors (Lipinski definition) is 6. The first-order chi connectivity index (χ1) is 16.9. The molecule has 1 fully saturated rings. The zero-order chi connectivity index (χ0) is 25.2. The molecule has 188 valence electrons. The summed E-state index contributed by atoms with van der Waals surface area (Å²) in [5.41, 5.74) is 3.53. The molecule has 2 aliphatic heterocycles. The Morgan fingerprint density at radius 1 is 1.17 bits per heavy atom. The molecular weight excluding hydrogens is 442 g/mol. The average Bonchev–Trinajstić information content (AvgIpc) is 2.89. The van der Waals surface area contributed by atoms with Crippen LogP contribution in [0.15, 0.2) is 69.7 Å². The Morgan fingerprint density at radius 3 is 2.51 bits per heavy atom. The fourth-order valence-electron chi connectivity index (χ4n) is 4.30. The van der Waals surface area contributed by atoms with Gasteiger partial charge in [-0.15, -0.1) is 6.58 Å². The van der Waals surface area contributed by atoms with Gasteiger partial charge in [-0.1, -0.05) is 37.3 Å². The van der Waals surface area contributed by atoms with Crippen LogP contribution in [0.5, 0.6) is 0 Å². The van der Waals surface area contributed by atoms with E-state index in [4.69, 9.17) is 15.1 Å². The van der Waals surface area contributed by atoms with Gasteiger partial charge in [0.2, 0.25) is 0 Å². The minimum absolute atomic E-state index is 0.0121. The van der Waals surface area contributed by atoms with Gasteiger partial charge >= 0.3 is 5.97 Å². The number of aliphatic carboxylic acids is 1. The van der Waals surface area contributed by atoms with Crippen LogP contribution in [0.25, 0.3) is 0 Å². The summed E-state index contributed by atoms with van der Waals surface area (Å²) in [7, 11) is 1.69. The molecule has 2 atom stereocenters. The molecular formula is C27H37N5O3. The van der Waals surface area contributed by atoms with E-state index in [9.17, 15) is 9.90 Å². The number of rotatable bonds is 11. The first-order valence-corrected chi connectivity index (χ1v) is 12.3. The fraction of sp³-hybridized carbons (Fsp3) is 0.481. The van der Waals surface area contributed by atoms with Crippen LogP contribution in [0.1, 0.15) is 39.0 Å². The van der Waals surface area contributed by atoms with Crippen molar-refractivity contribution in [3.8, 4) is 0 Å². The zero-order valence-electron chi connectivity index (χ0n) is 20.8. The van der Waals surface area contributed by atoms with Crippen LogP contribution in [0, 0.1) is 5.92 Å². The van der Waals surface area contributed by atoms with Crippen molar-refractivity contribution >= 4 is 28.9 Å². The average molecular weight is 480 g/mol. The summed E-state index contributed by atoms with van der Waals surface area (Å²) in [5, 5.41) is 19.8. The second-order valence-corrected chi connectivity index (χ2v) is 8.89. The molecule has 1 saturated heterocycles. The Hall–Kier alpha value is -3.10. The van der Waals surface area contributed by atoms with Gasteiger partial charge in [0, 0.05) is 57.7 Å². The normalized spacial score (nSPS) is 20.9. The Balaban J connectivity index is 1.65. The molecule has 2 heterocycles. The maximum Gasteiger partial charge on any atom is 0.303 e. The highest BCUT2D eigenvalue weighted by molar-refractivity contribution is 6.47. The molecule has 2 aliphatic rings. The van der Waals surface area contributed by atoms with Crippen molar-refractivity contribution in [2.24, 2.45) is 20.9 Å². The minimum Gasteiger partial charge on any atom is -0.481 e. The molecule has 0 amide bonds. The maximum atomic E-state index is 10.9. The number of benzene rings is 1. The number of allylic oxidation sites excluding steroid dienone is 1. The first-order valence-electron chi connectivity index (χ1n) is 12.3. The lowest BCUT2D eigenvalue weighted by Gasteiger charge is -2.38. The van der Waals surface area contributed by atoms with Crippen molar-refractivity contribution in [3.63, 3.8) is 0 Å². The van der Waals surface area contributed by atoms with Gasteiger partial charge in [0.1, 0.15) is 11.9 Å². The van der Waals surface area contributed by atoms with Gasteiger partial charge in [-0.2, -0.15) is 0 Å². The number of aliphatic hydroxyl groups is 1. The number of carboxylic acid groups (broad SMARTS) is 1. The highest BCUT2D eigenvalue weighted by atomic mass is 16.4. The number of nitrogens with zero attached hydrogens (tertiary/aromatic N) is 5. The molecule has 2 N–H and O–H groups in total. The van der Waals surface area contributed by atoms with E-state index in [1.807, 2.05) is 37.3 Å². The molecule has 0 bridgehead atoms. The first kappa shape index (κ1) is 26.5. The molecule has 35 heavy (non-hydrogen) atoms. The van der Waals surface area contributed by atoms with Crippen LogP contribution >= 0.6 is 0 Å². The molecule has 8 heteroatoms. The van der Waals surface area contributed by atoms with Crippen LogP contribution in [0.3, 0.4) is 0 Å². The van der Waals surface area contributed by atoms with E-state index >= 15 is 0 Å². The van der Waals surface area contributed by atoms with Gasteiger partial charge in [-0.05, 0) is 31.4 Å². The lowest BCUT2D eigenvalue weighted by molar-refractivity contribution is -0.137. The second kappa shape index (κ2) is 13.1. The highest BCUT2D eigenvalue weighted by Gasteiger charge is 2.25. The number of aliphatic imine (C=N–C) groups is 3. The van der Waals surface area contributed by atoms with Crippen LogP contribution in [-0.4, -0.2) is 77.8 Å². The van der Waals surface area contributed by atoms with Gasteiger partial charge in [-0.25, -0.2) is 9.98 Å². The van der Waals surface area contributed by atoms with Crippen molar-refractivity contribution in [2.75, 3.05) is 38.1 Å². The van der Waals surface area contributed by atoms with E-state index in [0.29, 0.717) is 37.2 Å². The minimum atomic E-state index is -0.788. The molecule has 0 spiro atoms. The number of aliphatic hydroxyl groups excluding tert-OH is 1. The van der Waals surface area contributed by atoms with Gasteiger partial charge < -0.3 is 15.1 Å². The molecule has 2 unspecified atom stereocenters. The Morgan fingerprint density at radius 2 is 1.89 bits per heavy atom. The number of piperazine rings is 1. The zero-order valence-corrected chi connectivity index (χ0v) is 20.8. The van der Waals surface area contributed by atoms with Crippen molar-refractivity contribution in [1.82, 2.24) is 4.90 Å². The maximum absolute atomic E-state index is 10.9. The van der Waals surface area contributed by atoms with Crippen molar-refractivity contribution in [1.29, 1.82) is 0 Å². The molecule has 0 aromatic heterocycles. The van der Waals surface area contributed by atoms with Crippen LogP contribution in [0.4, 0.5) is 5.69 Å². The number of carboxylic acids is 1. The summed E-state index contributed by atoms with van der Waals surface area (Å²) >= 11 is 0.